The number of carbonyl (C=O) groups is 1. The van der Waals surface area contributed by atoms with Crippen LogP contribution in [0.1, 0.15) is 0 Å². The highest BCUT2D eigenvalue weighted by atomic mass is 32.1. The van der Waals surface area contributed by atoms with Crippen LogP contribution >= 0.6 is 11.3 Å². The fourth-order valence-electron chi connectivity index (χ4n) is 1.07. The molecule has 0 unspecified atom stereocenters. The number of hydrogen-bond acceptors (Lipinski definition) is 4. The fraction of sp³-hybridized carbons (Fsp3) is 0.111. The number of thiazole rings is 1. The Hall–Kier alpha value is -1.62. The molecule has 72 valence electrons. The van der Waals surface area contributed by atoms with Gasteiger partial charge in [0.2, 0.25) is 0 Å². The number of ether oxygens (including phenoxy) is 1. The van der Waals surface area contributed by atoms with Crippen LogP contribution in [0.2, 0.25) is 0 Å². The van der Waals surface area contributed by atoms with Gasteiger partial charge in [-0.15, -0.1) is 11.3 Å². The summed E-state index contributed by atoms with van der Waals surface area (Å²) in [6.45, 7) is -0.315. The maximum atomic E-state index is 10.3. The molecule has 0 saturated heterocycles. The Morgan fingerprint density at radius 3 is 3.21 bits per heavy atom. The first-order chi connectivity index (χ1) is 6.75. The van der Waals surface area contributed by atoms with Gasteiger partial charge in [0.25, 0.3) is 0 Å². The number of fused-ring (bicyclic) bond motifs is 1. The standard InChI is InChI=1S/C9H7NO3S/c11-9(12)4-13-6-1-2-7-8(3-6)14-5-10-7/h1-3,5H,4H2,(H,11,12). The fourth-order valence-corrected chi connectivity index (χ4v) is 1.78. The predicted octanol–water partition coefficient (Wildman–Crippen LogP) is 1.76. The molecule has 0 amide bonds. The van der Waals surface area contributed by atoms with Crippen LogP contribution in [0.5, 0.6) is 5.75 Å². The Morgan fingerprint density at radius 2 is 2.43 bits per heavy atom. The van der Waals surface area contributed by atoms with E-state index in [1.807, 2.05) is 6.07 Å². The van der Waals surface area contributed by atoms with E-state index in [2.05, 4.69) is 4.98 Å². The van der Waals surface area contributed by atoms with Gasteiger partial charge in [0.15, 0.2) is 6.61 Å². The normalized spacial score (nSPS) is 10.3. The van der Waals surface area contributed by atoms with Crippen molar-refractivity contribution in [2.24, 2.45) is 0 Å². The van der Waals surface area contributed by atoms with E-state index in [-0.39, 0.29) is 6.61 Å². The van der Waals surface area contributed by atoms with E-state index in [1.165, 1.54) is 11.3 Å². The zero-order chi connectivity index (χ0) is 9.97. The first kappa shape index (κ1) is 8.96. The average Bonchev–Trinajstić information content (AvgIpc) is 2.61. The maximum Gasteiger partial charge on any atom is 0.341 e. The van der Waals surface area contributed by atoms with Crippen molar-refractivity contribution in [3.8, 4) is 5.75 Å². The minimum atomic E-state index is -0.977. The van der Waals surface area contributed by atoms with Crippen LogP contribution in [-0.2, 0) is 4.79 Å². The molecule has 2 rings (SSSR count). The van der Waals surface area contributed by atoms with Crippen molar-refractivity contribution in [3.05, 3.63) is 23.7 Å². The number of carboxylic acids is 1. The van der Waals surface area contributed by atoms with Gasteiger partial charge in [-0.25, -0.2) is 9.78 Å². The van der Waals surface area contributed by atoms with Crippen LogP contribution in [0.25, 0.3) is 10.2 Å². The molecule has 0 aliphatic carbocycles. The van der Waals surface area contributed by atoms with Crippen molar-refractivity contribution in [2.75, 3.05) is 6.61 Å². The largest absolute Gasteiger partial charge is 0.482 e. The molecule has 1 aromatic carbocycles. The summed E-state index contributed by atoms with van der Waals surface area (Å²) in [4.78, 5) is 14.4. The Kier molecular flexibility index (Phi) is 2.32. The third-order valence-corrected chi connectivity index (χ3v) is 2.46. The van der Waals surface area contributed by atoms with Crippen molar-refractivity contribution in [3.63, 3.8) is 0 Å². The Labute approximate surface area is 83.8 Å². The zero-order valence-electron chi connectivity index (χ0n) is 7.14. The molecule has 0 aliphatic heterocycles. The molecule has 14 heavy (non-hydrogen) atoms. The third-order valence-electron chi connectivity index (χ3n) is 1.67. The lowest BCUT2D eigenvalue weighted by Gasteiger charge is -2.01. The summed E-state index contributed by atoms with van der Waals surface area (Å²) >= 11 is 1.50. The van der Waals surface area contributed by atoms with Gasteiger partial charge in [-0.1, -0.05) is 0 Å². The summed E-state index contributed by atoms with van der Waals surface area (Å²) in [6, 6.07) is 5.31. The lowest BCUT2D eigenvalue weighted by molar-refractivity contribution is -0.139. The molecule has 0 aliphatic rings. The second-order valence-electron chi connectivity index (χ2n) is 2.66. The van der Waals surface area contributed by atoms with Gasteiger partial charge < -0.3 is 9.84 Å². The lowest BCUT2D eigenvalue weighted by atomic mass is 10.3. The Balaban J connectivity index is 2.21. The highest BCUT2D eigenvalue weighted by Gasteiger charge is 2.01. The van der Waals surface area contributed by atoms with Gasteiger partial charge in [-0.2, -0.15) is 0 Å². The number of aliphatic carboxylic acids is 1. The number of rotatable bonds is 3. The SMILES string of the molecule is O=C(O)COc1ccc2ncsc2c1. The molecule has 0 spiro atoms. The molecule has 4 nitrogen and oxygen atoms in total. The van der Waals surface area contributed by atoms with Gasteiger partial charge in [-0.3, -0.25) is 0 Å². The van der Waals surface area contributed by atoms with E-state index in [0.29, 0.717) is 5.75 Å². The van der Waals surface area contributed by atoms with Gasteiger partial charge in [0, 0.05) is 0 Å². The van der Waals surface area contributed by atoms with Crippen LogP contribution in [-0.4, -0.2) is 22.7 Å². The first-order valence-corrected chi connectivity index (χ1v) is 4.81. The van der Waals surface area contributed by atoms with Crippen LogP contribution in [0.3, 0.4) is 0 Å². The topological polar surface area (TPSA) is 59.4 Å². The van der Waals surface area contributed by atoms with Crippen LogP contribution < -0.4 is 4.74 Å². The average molecular weight is 209 g/mol. The minimum absolute atomic E-state index is 0.315. The van der Waals surface area contributed by atoms with Gasteiger partial charge in [0.05, 0.1) is 15.7 Å². The van der Waals surface area contributed by atoms with Crippen LogP contribution in [0.4, 0.5) is 0 Å². The molecule has 1 N–H and O–H groups in total. The Morgan fingerprint density at radius 1 is 1.57 bits per heavy atom. The zero-order valence-corrected chi connectivity index (χ0v) is 7.95. The molecule has 0 bridgehead atoms. The van der Waals surface area contributed by atoms with Gasteiger partial charge >= 0.3 is 5.97 Å². The molecule has 0 fully saturated rings. The molecular formula is C9H7NO3S. The summed E-state index contributed by atoms with van der Waals surface area (Å²) in [5, 5.41) is 8.41. The lowest BCUT2D eigenvalue weighted by Crippen LogP contribution is -2.09. The van der Waals surface area contributed by atoms with Crippen molar-refractivity contribution in [1.82, 2.24) is 4.98 Å². The second kappa shape index (κ2) is 3.63. The monoisotopic (exact) mass is 209 g/mol. The Bertz CT molecular complexity index is 466. The van der Waals surface area contributed by atoms with E-state index in [0.717, 1.165) is 10.2 Å². The molecule has 1 aromatic heterocycles. The molecule has 0 saturated carbocycles. The van der Waals surface area contributed by atoms with E-state index >= 15 is 0 Å². The molecule has 5 heteroatoms. The quantitative estimate of drug-likeness (QED) is 0.836. The maximum absolute atomic E-state index is 10.3. The number of benzene rings is 1. The van der Waals surface area contributed by atoms with E-state index < -0.39 is 5.97 Å². The minimum Gasteiger partial charge on any atom is -0.482 e. The van der Waals surface area contributed by atoms with E-state index in [9.17, 15) is 4.79 Å². The van der Waals surface area contributed by atoms with Crippen LogP contribution in [0.15, 0.2) is 23.7 Å². The molecule has 2 aromatic rings. The second-order valence-corrected chi connectivity index (χ2v) is 3.55. The number of carboxylic acid groups (broad SMARTS) is 1. The van der Waals surface area contributed by atoms with E-state index in [1.54, 1.807) is 17.6 Å². The smallest absolute Gasteiger partial charge is 0.341 e. The first-order valence-electron chi connectivity index (χ1n) is 3.93. The van der Waals surface area contributed by atoms with Gasteiger partial charge in [0.1, 0.15) is 5.75 Å². The summed E-state index contributed by atoms with van der Waals surface area (Å²) in [5.74, 6) is -0.418. The van der Waals surface area contributed by atoms with Gasteiger partial charge in [-0.05, 0) is 18.2 Å². The molecule has 1 heterocycles. The highest BCUT2D eigenvalue weighted by molar-refractivity contribution is 7.16. The van der Waals surface area contributed by atoms with Crippen molar-refractivity contribution < 1.29 is 14.6 Å². The summed E-state index contributed by atoms with van der Waals surface area (Å²) < 4.78 is 6.02. The third kappa shape index (κ3) is 1.82. The van der Waals surface area contributed by atoms with Crippen molar-refractivity contribution in [2.45, 2.75) is 0 Å². The van der Waals surface area contributed by atoms with Crippen molar-refractivity contribution >= 4 is 27.5 Å². The molecule has 0 radical (unpaired) electrons. The van der Waals surface area contributed by atoms with Crippen molar-refractivity contribution in [1.29, 1.82) is 0 Å². The summed E-state index contributed by atoms with van der Waals surface area (Å²) in [7, 11) is 0. The summed E-state index contributed by atoms with van der Waals surface area (Å²) in [5.41, 5.74) is 2.64. The molecule has 0 atom stereocenters. The summed E-state index contributed by atoms with van der Waals surface area (Å²) in [6.07, 6.45) is 0. The van der Waals surface area contributed by atoms with E-state index in [4.69, 9.17) is 9.84 Å². The predicted molar refractivity (Wildman–Crippen MR) is 52.8 cm³/mol. The number of aromatic nitrogens is 1. The van der Waals surface area contributed by atoms with Crippen LogP contribution in [0, 0.1) is 0 Å². The molecular weight excluding hydrogens is 202 g/mol. The number of nitrogens with zero attached hydrogens (tertiary/aromatic N) is 1. The highest BCUT2D eigenvalue weighted by Crippen LogP contribution is 2.22. The number of hydrogen-bond donors (Lipinski definition) is 1.